The number of ether oxygens (including phenoxy) is 1. The van der Waals surface area contributed by atoms with Crippen LogP contribution in [0.5, 0.6) is 11.5 Å². The number of para-hydroxylation sites is 1. The second-order valence-electron chi connectivity index (χ2n) is 6.95. The fraction of sp³-hybridized carbons (Fsp3) is 0.136. The van der Waals surface area contributed by atoms with Crippen molar-refractivity contribution in [1.29, 1.82) is 0 Å². The fourth-order valence-electron chi connectivity index (χ4n) is 3.60. The summed E-state index contributed by atoms with van der Waals surface area (Å²) in [7, 11) is 1.32. The summed E-state index contributed by atoms with van der Waals surface area (Å²) in [6, 6.07) is 17.3. The van der Waals surface area contributed by atoms with Gasteiger partial charge in [-0.2, -0.15) is 0 Å². The lowest BCUT2D eigenvalue weighted by atomic mass is 10.0. The average Bonchev–Trinajstić information content (AvgIpc) is 2.73. The van der Waals surface area contributed by atoms with Crippen LogP contribution in [0.25, 0.3) is 0 Å². The van der Waals surface area contributed by atoms with Crippen LogP contribution in [0.1, 0.15) is 27.7 Å². The molecule has 2 N–H and O–H groups in total. The maximum atomic E-state index is 13.4. The minimum Gasteiger partial charge on any atom is -0.500 e. The van der Waals surface area contributed by atoms with Gasteiger partial charge in [0.25, 0.3) is 5.91 Å². The molecule has 0 aliphatic carbocycles. The van der Waals surface area contributed by atoms with Crippen LogP contribution in [0.15, 0.2) is 60.7 Å². The van der Waals surface area contributed by atoms with Crippen LogP contribution in [0, 0.1) is 17.0 Å². The molecule has 1 aliphatic heterocycles. The average molecular weight is 405 g/mol. The van der Waals surface area contributed by atoms with E-state index in [9.17, 15) is 20.0 Å². The second kappa shape index (κ2) is 7.40. The van der Waals surface area contributed by atoms with E-state index in [1.54, 1.807) is 35.2 Å². The van der Waals surface area contributed by atoms with E-state index in [0.717, 1.165) is 5.56 Å². The van der Waals surface area contributed by atoms with E-state index in [0.29, 0.717) is 22.5 Å². The number of aromatic hydroxyl groups is 1. The van der Waals surface area contributed by atoms with Gasteiger partial charge in [-0.1, -0.05) is 24.3 Å². The molecule has 3 aromatic rings. The summed E-state index contributed by atoms with van der Waals surface area (Å²) in [5.41, 5.74) is 2.62. The predicted molar refractivity (Wildman–Crippen MR) is 112 cm³/mol. The third-order valence-electron chi connectivity index (χ3n) is 5.02. The zero-order chi connectivity index (χ0) is 21.4. The first-order valence-corrected chi connectivity index (χ1v) is 9.22. The first-order valence-electron chi connectivity index (χ1n) is 9.22. The number of benzene rings is 3. The van der Waals surface area contributed by atoms with Gasteiger partial charge in [0.15, 0.2) is 5.75 Å². The van der Waals surface area contributed by atoms with E-state index in [4.69, 9.17) is 4.74 Å². The highest BCUT2D eigenvalue weighted by molar-refractivity contribution is 6.12. The Balaban J connectivity index is 1.93. The van der Waals surface area contributed by atoms with Crippen molar-refractivity contribution in [2.75, 3.05) is 17.3 Å². The van der Waals surface area contributed by atoms with Gasteiger partial charge >= 0.3 is 5.69 Å². The number of aryl methyl sites for hydroxylation is 1. The van der Waals surface area contributed by atoms with Crippen LogP contribution < -0.4 is 15.0 Å². The molecule has 0 bridgehead atoms. The van der Waals surface area contributed by atoms with Gasteiger partial charge in [-0.25, -0.2) is 0 Å². The van der Waals surface area contributed by atoms with Crippen molar-refractivity contribution >= 4 is 23.0 Å². The monoisotopic (exact) mass is 405 g/mol. The van der Waals surface area contributed by atoms with Gasteiger partial charge in [0.05, 0.1) is 17.6 Å². The van der Waals surface area contributed by atoms with Gasteiger partial charge < -0.3 is 15.2 Å². The molecular weight excluding hydrogens is 386 g/mol. The van der Waals surface area contributed by atoms with E-state index >= 15 is 0 Å². The Bertz CT molecular complexity index is 1160. The quantitative estimate of drug-likeness (QED) is 0.493. The molecule has 0 aromatic heterocycles. The SMILES string of the molecule is COc1cc([C@@H]2Nc3ccccc3C(=O)N2c2cccc(C)c2)cc([N+](=O)[O-])c1O. The largest absolute Gasteiger partial charge is 0.500 e. The number of fused-ring (bicyclic) bond motifs is 1. The second-order valence-corrected chi connectivity index (χ2v) is 6.95. The standard InChI is InChI=1S/C22H19N3O5/c1-13-6-5-7-15(10-13)24-21(23-17-9-4-3-8-16(17)22(24)27)14-11-18(25(28)29)20(26)19(12-14)30-2/h3-12,21,23,26H,1-2H3/t21-/m1/s1. The lowest BCUT2D eigenvalue weighted by Crippen LogP contribution is -2.43. The highest BCUT2D eigenvalue weighted by Crippen LogP contribution is 2.43. The minimum absolute atomic E-state index is 0.0449. The van der Waals surface area contributed by atoms with E-state index < -0.39 is 22.5 Å². The van der Waals surface area contributed by atoms with E-state index in [1.165, 1.54) is 19.2 Å². The zero-order valence-electron chi connectivity index (χ0n) is 16.3. The Morgan fingerprint density at radius 1 is 1.13 bits per heavy atom. The summed E-state index contributed by atoms with van der Waals surface area (Å²) in [4.78, 5) is 25.8. The number of hydrogen-bond donors (Lipinski definition) is 2. The molecule has 8 nitrogen and oxygen atoms in total. The molecule has 3 aromatic carbocycles. The summed E-state index contributed by atoms with van der Waals surface area (Å²) in [6.07, 6.45) is -0.748. The Morgan fingerprint density at radius 3 is 2.60 bits per heavy atom. The molecule has 0 fully saturated rings. The van der Waals surface area contributed by atoms with Gasteiger partial charge in [-0.05, 0) is 42.8 Å². The summed E-state index contributed by atoms with van der Waals surface area (Å²) in [5.74, 6) is -0.845. The summed E-state index contributed by atoms with van der Waals surface area (Å²) >= 11 is 0. The molecule has 0 spiro atoms. The van der Waals surface area contributed by atoms with E-state index in [1.807, 2.05) is 25.1 Å². The topological polar surface area (TPSA) is 105 Å². The van der Waals surface area contributed by atoms with Crippen LogP contribution in [0.4, 0.5) is 17.1 Å². The Kier molecular flexibility index (Phi) is 4.75. The molecule has 0 saturated carbocycles. The number of hydrogen-bond acceptors (Lipinski definition) is 6. The highest BCUT2D eigenvalue weighted by Gasteiger charge is 2.36. The normalized spacial score (nSPS) is 15.3. The van der Waals surface area contributed by atoms with Gasteiger partial charge in [0.1, 0.15) is 6.17 Å². The molecule has 30 heavy (non-hydrogen) atoms. The minimum atomic E-state index is -0.748. The van der Waals surface area contributed by atoms with Crippen LogP contribution >= 0.6 is 0 Å². The predicted octanol–water partition coefficient (Wildman–Crippen LogP) is 4.39. The van der Waals surface area contributed by atoms with Crippen molar-refractivity contribution in [1.82, 2.24) is 0 Å². The third-order valence-corrected chi connectivity index (χ3v) is 5.02. The maximum Gasteiger partial charge on any atom is 0.315 e. The number of nitrogens with one attached hydrogen (secondary N) is 1. The van der Waals surface area contributed by atoms with Gasteiger partial charge in [-0.15, -0.1) is 0 Å². The smallest absolute Gasteiger partial charge is 0.315 e. The van der Waals surface area contributed by atoms with Gasteiger partial charge in [0.2, 0.25) is 5.75 Å². The number of methoxy groups -OCH3 is 1. The van der Waals surface area contributed by atoms with Crippen molar-refractivity contribution in [3.8, 4) is 11.5 Å². The summed E-state index contributed by atoms with van der Waals surface area (Å²) < 4.78 is 5.14. The summed E-state index contributed by atoms with van der Waals surface area (Å²) in [6.45, 7) is 1.92. The number of rotatable bonds is 4. The van der Waals surface area contributed by atoms with Crippen molar-refractivity contribution in [3.05, 3.63) is 87.5 Å². The molecule has 1 atom stereocenters. The van der Waals surface area contributed by atoms with Crippen LogP contribution in [0.2, 0.25) is 0 Å². The van der Waals surface area contributed by atoms with Crippen molar-refractivity contribution < 1.29 is 19.6 Å². The molecular formula is C22H19N3O5. The van der Waals surface area contributed by atoms with Crippen LogP contribution in [0.3, 0.4) is 0 Å². The first-order chi connectivity index (χ1) is 14.4. The summed E-state index contributed by atoms with van der Waals surface area (Å²) in [5, 5.41) is 24.9. The van der Waals surface area contributed by atoms with Gasteiger partial charge in [-0.3, -0.25) is 19.8 Å². The van der Waals surface area contributed by atoms with Crippen molar-refractivity contribution in [2.45, 2.75) is 13.1 Å². The molecule has 1 aliphatic rings. The van der Waals surface area contributed by atoms with Gasteiger partial charge in [0, 0.05) is 23.0 Å². The number of carbonyl (C=O) groups excluding carboxylic acids is 1. The molecule has 0 radical (unpaired) electrons. The molecule has 0 unspecified atom stereocenters. The van der Waals surface area contributed by atoms with E-state index in [2.05, 4.69) is 5.32 Å². The lowest BCUT2D eigenvalue weighted by Gasteiger charge is -2.38. The Labute approximate surface area is 172 Å². The molecule has 152 valence electrons. The van der Waals surface area contributed by atoms with E-state index in [-0.39, 0.29) is 11.7 Å². The van der Waals surface area contributed by atoms with Crippen LogP contribution in [-0.4, -0.2) is 23.0 Å². The molecule has 1 heterocycles. The number of amides is 1. The lowest BCUT2D eigenvalue weighted by molar-refractivity contribution is -0.386. The first kappa shape index (κ1) is 19.3. The number of nitro benzene ring substituents is 1. The Morgan fingerprint density at radius 2 is 1.90 bits per heavy atom. The Hall–Kier alpha value is -4.07. The number of anilines is 2. The molecule has 4 rings (SSSR count). The number of nitrogens with zero attached hydrogens (tertiary/aromatic N) is 2. The molecule has 0 saturated heterocycles. The molecule has 8 heteroatoms. The number of phenols is 1. The number of nitro groups is 1. The highest BCUT2D eigenvalue weighted by atomic mass is 16.6. The number of phenolic OH excluding ortho intramolecular Hbond substituents is 1. The molecule has 1 amide bonds. The van der Waals surface area contributed by atoms with Crippen molar-refractivity contribution in [3.63, 3.8) is 0 Å². The number of carbonyl (C=O) groups is 1. The maximum absolute atomic E-state index is 13.4. The van der Waals surface area contributed by atoms with Crippen LogP contribution in [-0.2, 0) is 0 Å². The fourth-order valence-corrected chi connectivity index (χ4v) is 3.60. The third kappa shape index (κ3) is 3.18. The zero-order valence-corrected chi connectivity index (χ0v) is 16.3. The van der Waals surface area contributed by atoms with Crippen molar-refractivity contribution in [2.24, 2.45) is 0 Å².